The number of piperidine rings is 1. The van der Waals surface area contributed by atoms with Crippen molar-refractivity contribution >= 4 is 11.8 Å². The van der Waals surface area contributed by atoms with E-state index in [0.29, 0.717) is 44.1 Å². The Balaban J connectivity index is 1.53. The quantitative estimate of drug-likeness (QED) is 0.888. The van der Waals surface area contributed by atoms with Gasteiger partial charge in [0.25, 0.3) is 11.8 Å². The van der Waals surface area contributed by atoms with E-state index in [4.69, 9.17) is 4.74 Å². The smallest absolute Gasteiger partial charge is 0.274 e. The van der Waals surface area contributed by atoms with Crippen molar-refractivity contribution in [3.63, 3.8) is 0 Å². The zero-order chi connectivity index (χ0) is 18.6. The maximum Gasteiger partial charge on any atom is 0.274 e. The number of morpholine rings is 1. The number of ether oxygens (including phenoxy) is 1. The van der Waals surface area contributed by atoms with Gasteiger partial charge in [0.2, 0.25) is 0 Å². The van der Waals surface area contributed by atoms with Gasteiger partial charge in [0.05, 0.1) is 30.5 Å². The van der Waals surface area contributed by atoms with Gasteiger partial charge in [-0.25, -0.2) is 0 Å². The average Bonchev–Trinajstić information content (AvgIpc) is 3.24. The summed E-state index contributed by atoms with van der Waals surface area (Å²) in [6.07, 6.45) is 6.10. The first-order valence-electron chi connectivity index (χ1n) is 9.37. The Morgan fingerprint density at radius 3 is 2.78 bits per heavy atom. The second kappa shape index (κ2) is 7.87. The maximum absolute atomic E-state index is 12.9. The molecule has 142 valence electrons. The molecule has 2 saturated heterocycles. The molecule has 2 aromatic heterocycles. The molecule has 1 atom stereocenters. The molecule has 0 saturated carbocycles. The Labute approximate surface area is 157 Å². The lowest BCUT2D eigenvalue weighted by Gasteiger charge is -2.35. The number of nitrogens with zero attached hydrogens (tertiary/aromatic N) is 4. The number of amides is 2. The highest BCUT2D eigenvalue weighted by Gasteiger charge is 2.31. The van der Waals surface area contributed by atoms with Crippen molar-refractivity contribution in [2.45, 2.75) is 25.3 Å². The summed E-state index contributed by atoms with van der Waals surface area (Å²) in [6.45, 7) is 2.95. The Kier molecular flexibility index (Phi) is 5.15. The summed E-state index contributed by atoms with van der Waals surface area (Å²) in [5, 5.41) is 7.22. The van der Waals surface area contributed by atoms with Crippen LogP contribution in [0.4, 0.5) is 0 Å². The van der Waals surface area contributed by atoms with E-state index in [1.165, 1.54) is 0 Å². The summed E-state index contributed by atoms with van der Waals surface area (Å²) in [5.74, 6) is -0.134. The Morgan fingerprint density at radius 2 is 2.00 bits per heavy atom. The minimum Gasteiger partial charge on any atom is -0.378 e. The van der Waals surface area contributed by atoms with Crippen LogP contribution in [0.15, 0.2) is 30.6 Å². The van der Waals surface area contributed by atoms with Crippen LogP contribution in [0, 0.1) is 0 Å². The van der Waals surface area contributed by atoms with E-state index < -0.39 is 0 Å². The van der Waals surface area contributed by atoms with Crippen LogP contribution in [0.2, 0.25) is 0 Å². The lowest BCUT2D eigenvalue weighted by Crippen LogP contribution is -2.40. The van der Waals surface area contributed by atoms with E-state index >= 15 is 0 Å². The monoisotopic (exact) mass is 369 g/mol. The number of aromatic nitrogens is 3. The van der Waals surface area contributed by atoms with Crippen LogP contribution in [0.5, 0.6) is 0 Å². The van der Waals surface area contributed by atoms with Gasteiger partial charge in [0.15, 0.2) is 0 Å². The van der Waals surface area contributed by atoms with Gasteiger partial charge < -0.3 is 14.5 Å². The van der Waals surface area contributed by atoms with Gasteiger partial charge in [0.1, 0.15) is 5.69 Å². The third-order valence-electron chi connectivity index (χ3n) is 5.15. The number of carbonyl (C=O) groups is 2. The standard InChI is InChI=1S/C19H23N5O3/c25-18(14-4-3-6-20-13-14)24-7-2-1-5-17(24)15-12-16(22-21-15)19(26)23-8-10-27-11-9-23/h3-4,6,12-13,17H,1-2,5,7-11H2,(H,21,22). The predicted octanol–water partition coefficient (Wildman–Crippen LogP) is 1.64. The lowest BCUT2D eigenvalue weighted by atomic mass is 9.98. The number of carbonyl (C=O) groups excluding carboxylic acids is 2. The molecule has 4 heterocycles. The molecule has 8 nitrogen and oxygen atoms in total. The molecule has 2 fully saturated rings. The number of hydrogen-bond donors (Lipinski definition) is 1. The van der Waals surface area contributed by atoms with E-state index in [9.17, 15) is 9.59 Å². The Morgan fingerprint density at radius 1 is 1.15 bits per heavy atom. The number of nitrogens with one attached hydrogen (secondary N) is 1. The summed E-state index contributed by atoms with van der Waals surface area (Å²) in [7, 11) is 0. The van der Waals surface area contributed by atoms with E-state index in [2.05, 4.69) is 15.2 Å². The first-order valence-corrected chi connectivity index (χ1v) is 9.37. The molecule has 2 aromatic rings. The van der Waals surface area contributed by atoms with Gasteiger partial charge in [-0.3, -0.25) is 19.7 Å². The van der Waals surface area contributed by atoms with Gasteiger partial charge in [-0.2, -0.15) is 5.10 Å². The molecule has 8 heteroatoms. The highest BCUT2D eigenvalue weighted by molar-refractivity contribution is 5.94. The Hall–Kier alpha value is -2.74. The number of pyridine rings is 1. The molecule has 2 aliphatic heterocycles. The summed E-state index contributed by atoms with van der Waals surface area (Å²) >= 11 is 0. The van der Waals surface area contributed by atoms with Gasteiger partial charge >= 0.3 is 0 Å². The summed E-state index contributed by atoms with van der Waals surface area (Å²) in [6, 6.07) is 5.23. The minimum absolute atomic E-state index is 0.0385. The van der Waals surface area contributed by atoms with Crippen molar-refractivity contribution in [2.75, 3.05) is 32.8 Å². The first kappa shape index (κ1) is 17.7. The van der Waals surface area contributed by atoms with Crippen molar-refractivity contribution in [1.82, 2.24) is 25.0 Å². The normalized spacial score (nSPS) is 20.5. The van der Waals surface area contributed by atoms with Gasteiger partial charge in [-0.05, 0) is 37.5 Å². The zero-order valence-electron chi connectivity index (χ0n) is 15.1. The number of aromatic amines is 1. The molecule has 0 aromatic carbocycles. The van der Waals surface area contributed by atoms with E-state index in [0.717, 1.165) is 25.0 Å². The fourth-order valence-corrected chi connectivity index (χ4v) is 3.70. The predicted molar refractivity (Wildman–Crippen MR) is 97.2 cm³/mol. The van der Waals surface area contributed by atoms with Crippen LogP contribution in [-0.2, 0) is 4.74 Å². The van der Waals surface area contributed by atoms with Crippen molar-refractivity contribution in [3.8, 4) is 0 Å². The number of rotatable bonds is 3. The summed E-state index contributed by atoms with van der Waals surface area (Å²) in [4.78, 5) is 33.2. The van der Waals surface area contributed by atoms with E-state index in [1.54, 1.807) is 35.5 Å². The maximum atomic E-state index is 12.9. The SMILES string of the molecule is O=C(c1cc(C2CCCCN2C(=O)c2cccnc2)[nH]n1)N1CCOCC1. The zero-order valence-corrected chi connectivity index (χ0v) is 15.1. The number of likely N-dealkylation sites (tertiary alicyclic amines) is 1. The average molecular weight is 369 g/mol. The summed E-state index contributed by atoms with van der Waals surface area (Å²) < 4.78 is 5.30. The van der Waals surface area contributed by atoms with Crippen molar-refractivity contribution < 1.29 is 14.3 Å². The van der Waals surface area contributed by atoms with E-state index in [-0.39, 0.29) is 17.9 Å². The van der Waals surface area contributed by atoms with Crippen molar-refractivity contribution in [2.24, 2.45) is 0 Å². The largest absolute Gasteiger partial charge is 0.378 e. The minimum atomic E-state index is -0.106. The highest BCUT2D eigenvalue weighted by atomic mass is 16.5. The van der Waals surface area contributed by atoms with Gasteiger partial charge in [-0.15, -0.1) is 0 Å². The molecule has 0 spiro atoms. The van der Waals surface area contributed by atoms with Crippen LogP contribution in [0.3, 0.4) is 0 Å². The second-order valence-electron chi connectivity index (χ2n) is 6.86. The molecule has 0 bridgehead atoms. The third kappa shape index (κ3) is 3.71. The summed E-state index contributed by atoms with van der Waals surface area (Å²) in [5.41, 5.74) is 1.78. The number of H-pyrrole nitrogens is 1. The lowest BCUT2D eigenvalue weighted by molar-refractivity contribution is 0.0299. The van der Waals surface area contributed by atoms with Crippen LogP contribution in [0.25, 0.3) is 0 Å². The first-order chi connectivity index (χ1) is 13.2. The van der Waals surface area contributed by atoms with Crippen molar-refractivity contribution in [3.05, 3.63) is 47.5 Å². The molecule has 4 rings (SSSR count). The van der Waals surface area contributed by atoms with Crippen LogP contribution in [-0.4, -0.2) is 69.6 Å². The Bertz CT molecular complexity index is 801. The van der Waals surface area contributed by atoms with Crippen molar-refractivity contribution in [1.29, 1.82) is 0 Å². The highest BCUT2D eigenvalue weighted by Crippen LogP contribution is 2.31. The van der Waals surface area contributed by atoms with E-state index in [1.807, 2.05) is 4.90 Å². The molecule has 1 unspecified atom stereocenters. The second-order valence-corrected chi connectivity index (χ2v) is 6.86. The van der Waals surface area contributed by atoms with Crippen LogP contribution in [0.1, 0.15) is 51.8 Å². The molecular formula is C19H23N5O3. The fourth-order valence-electron chi connectivity index (χ4n) is 3.70. The molecule has 27 heavy (non-hydrogen) atoms. The van der Waals surface area contributed by atoms with Crippen LogP contribution < -0.4 is 0 Å². The molecule has 0 aliphatic carbocycles. The fraction of sp³-hybridized carbons (Fsp3) is 0.474. The number of hydrogen-bond acceptors (Lipinski definition) is 5. The molecule has 2 aliphatic rings. The van der Waals surface area contributed by atoms with Crippen LogP contribution >= 0.6 is 0 Å². The molecule has 0 radical (unpaired) electrons. The van der Waals surface area contributed by atoms with Gasteiger partial charge in [0, 0.05) is 32.0 Å². The molecule has 1 N–H and O–H groups in total. The molecular weight excluding hydrogens is 346 g/mol. The topological polar surface area (TPSA) is 91.4 Å². The molecule has 2 amide bonds. The third-order valence-corrected chi connectivity index (χ3v) is 5.15. The van der Waals surface area contributed by atoms with Gasteiger partial charge in [-0.1, -0.05) is 0 Å².